The van der Waals surface area contributed by atoms with Gasteiger partial charge in [0.1, 0.15) is 12.4 Å². The van der Waals surface area contributed by atoms with Gasteiger partial charge >= 0.3 is 0 Å². The zero-order valence-corrected chi connectivity index (χ0v) is 13.4. The van der Waals surface area contributed by atoms with Crippen molar-refractivity contribution in [2.75, 3.05) is 20.2 Å². The first-order chi connectivity index (χ1) is 11.2. The number of rotatable bonds is 5. The molecule has 3 rings (SSSR count). The van der Waals surface area contributed by atoms with E-state index >= 15 is 0 Å². The fraction of sp³-hybridized carbons (Fsp3) is 0.211. The first-order valence-corrected chi connectivity index (χ1v) is 7.69. The van der Waals surface area contributed by atoms with E-state index in [1.165, 1.54) is 0 Å². The van der Waals surface area contributed by atoms with Crippen molar-refractivity contribution in [3.05, 3.63) is 65.5 Å². The Hall–Kier alpha value is -2.59. The quantitative estimate of drug-likeness (QED) is 0.448. The van der Waals surface area contributed by atoms with Gasteiger partial charge in [-0.15, -0.1) is 0 Å². The van der Waals surface area contributed by atoms with Crippen molar-refractivity contribution in [2.24, 2.45) is 0 Å². The van der Waals surface area contributed by atoms with E-state index in [-0.39, 0.29) is 0 Å². The third-order valence-corrected chi connectivity index (χ3v) is 3.90. The summed E-state index contributed by atoms with van der Waals surface area (Å²) in [7, 11) is 1.89. The molecule has 3 aromatic rings. The molecule has 0 fully saturated rings. The van der Waals surface area contributed by atoms with Crippen LogP contribution in [-0.2, 0) is 0 Å². The van der Waals surface area contributed by atoms with Crippen LogP contribution in [0.4, 0.5) is 0 Å². The van der Waals surface area contributed by atoms with Crippen LogP contribution in [0.1, 0.15) is 5.56 Å². The van der Waals surface area contributed by atoms with E-state index < -0.39 is 0 Å². The lowest BCUT2D eigenvalue weighted by Gasteiger charge is -2.09. The second-order valence-electron chi connectivity index (χ2n) is 5.54. The molecule has 1 heterocycles. The van der Waals surface area contributed by atoms with Crippen LogP contribution >= 0.6 is 0 Å². The van der Waals surface area contributed by atoms with Crippen LogP contribution in [0.3, 0.4) is 0 Å². The summed E-state index contributed by atoms with van der Waals surface area (Å²) in [4.78, 5) is 0. The molecule has 0 aliphatic heterocycles. The Kier molecular flexibility index (Phi) is 4.44. The Balaban J connectivity index is 1.93. The standard InChI is InChI=1S/C19H20N2O2/c1-14-4-3-5-16-13-21(22)19(12-18(14)16)15-6-8-17(9-7-15)23-11-10-20-2/h3-9,12-13,20H,10-11H2,1-2H3. The Bertz CT molecular complexity index is 813. The van der Waals surface area contributed by atoms with Gasteiger partial charge in [-0.05, 0) is 55.3 Å². The summed E-state index contributed by atoms with van der Waals surface area (Å²) in [5.41, 5.74) is 2.69. The van der Waals surface area contributed by atoms with Crippen molar-refractivity contribution in [2.45, 2.75) is 6.92 Å². The molecular formula is C19H20N2O2. The van der Waals surface area contributed by atoms with Crippen molar-refractivity contribution in [3.63, 3.8) is 0 Å². The van der Waals surface area contributed by atoms with E-state index in [0.29, 0.717) is 12.3 Å². The number of pyridine rings is 1. The van der Waals surface area contributed by atoms with Gasteiger partial charge in [0.2, 0.25) is 5.69 Å². The van der Waals surface area contributed by atoms with Crippen LogP contribution in [0, 0.1) is 12.1 Å². The van der Waals surface area contributed by atoms with Crippen molar-refractivity contribution in [1.29, 1.82) is 0 Å². The maximum Gasteiger partial charge on any atom is 0.224 e. The van der Waals surface area contributed by atoms with Crippen LogP contribution in [0.2, 0.25) is 0 Å². The van der Waals surface area contributed by atoms with Gasteiger partial charge in [-0.1, -0.05) is 12.1 Å². The summed E-state index contributed by atoms with van der Waals surface area (Å²) >= 11 is 0. The number of hydrogen-bond donors (Lipinski definition) is 1. The predicted octanol–water partition coefficient (Wildman–Crippen LogP) is 3.05. The summed E-state index contributed by atoms with van der Waals surface area (Å²) < 4.78 is 6.54. The molecule has 0 saturated heterocycles. The SMILES string of the molecule is CNCCOc1ccc(-c2cc3c(C)cccc3c[n+]2[O-])cc1. The van der Waals surface area contributed by atoms with Crippen molar-refractivity contribution in [3.8, 4) is 17.0 Å². The molecule has 0 unspecified atom stereocenters. The molecule has 118 valence electrons. The predicted molar refractivity (Wildman–Crippen MR) is 92.5 cm³/mol. The van der Waals surface area contributed by atoms with Gasteiger partial charge in [0.05, 0.1) is 0 Å². The fourth-order valence-corrected chi connectivity index (χ4v) is 2.61. The molecule has 1 aromatic heterocycles. The Morgan fingerprint density at radius 2 is 1.91 bits per heavy atom. The maximum atomic E-state index is 12.3. The number of nitrogens with one attached hydrogen (secondary N) is 1. The van der Waals surface area contributed by atoms with Gasteiger partial charge in [0, 0.05) is 23.6 Å². The number of aryl methyl sites for hydroxylation is 1. The van der Waals surface area contributed by atoms with E-state index in [9.17, 15) is 5.21 Å². The Morgan fingerprint density at radius 3 is 2.65 bits per heavy atom. The van der Waals surface area contributed by atoms with E-state index in [1.54, 1.807) is 6.20 Å². The lowest BCUT2D eigenvalue weighted by Crippen LogP contribution is -2.28. The average Bonchev–Trinajstić information content (AvgIpc) is 2.56. The number of hydrogen-bond acceptors (Lipinski definition) is 3. The lowest BCUT2D eigenvalue weighted by atomic mass is 10.0. The molecule has 4 nitrogen and oxygen atoms in total. The molecule has 0 saturated carbocycles. The third kappa shape index (κ3) is 3.27. The van der Waals surface area contributed by atoms with Crippen LogP contribution in [0.15, 0.2) is 54.7 Å². The van der Waals surface area contributed by atoms with Gasteiger partial charge in [-0.3, -0.25) is 0 Å². The zero-order chi connectivity index (χ0) is 16.2. The van der Waals surface area contributed by atoms with Gasteiger partial charge in [-0.2, -0.15) is 4.73 Å². The largest absolute Gasteiger partial charge is 0.618 e. The second kappa shape index (κ2) is 6.67. The third-order valence-electron chi connectivity index (χ3n) is 3.90. The highest BCUT2D eigenvalue weighted by atomic mass is 16.5. The second-order valence-corrected chi connectivity index (χ2v) is 5.54. The summed E-state index contributed by atoms with van der Waals surface area (Å²) in [5.74, 6) is 0.804. The summed E-state index contributed by atoms with van der Waals surface area (Å²) in [6.45, 7) is 3.47. The first kappa shape index (κ1) is 15.3. The molecule has 0 spiro atoms. The number of benzene rings is 2. The molecular weight excluding hydrogens is 288 g/mol. The van der Waals surface area contributed by atoms with E-state index in [1.807, 2.05) is 49.5 Å². The molecule has 0 atom stereocenters. The minimum absolute atomic E-state index is 0.618. The van der Waals surface area contributed by atoms with Gasteiger partial charge in [0.25, 0.3) is 0 Å². The highest BCUT2D eigenvalue weighted by molar-refractivity contribution is 5.86. The van der Waals surface area contributed by atoms with E-state index in [2.05, 4.69) is 18.3 Å². The normalized spacial score (nSPS) is 10.9. The summed E-state index contributed by atoms with van der Waals surface area (Å²) in [6.07, 6.45) is 1.63. The highest BCUT2D eigenvalue weighted by Crippen LogP contribution is 2.24. The number of ether oxygens (including phenoxy) is 1. The van der Waals surface area contributed by atoms with Crippen LogP contribution in [0.25, 0.3) is 22.0 Å². The molecule has 0 amide bonds. The van der Waals surface area contributed by atoms with Gasteiger partial charge < -0.3 is 15.3 Å². The number of fused-ring (bicyclic) bond motifs is 1. The van der Waals surface area contributed by atoms with E-state index in [0.717, 1.165) is 38.9 Å². The maximum absolute atomic E-state index is 12.3. The number of nitrogens with zero attached hydrogens (tertiary/aromatic N) is 1. The summed E-state index contributed by atoms with van der Waals surface area (Å²) in [6, 6.07) is 15.6. The monoisotopic (exact) mass is 308 g/mol. The average molecular weight is 308 g/mol. The summed E-state index contributed by atoms with van der Waals surface area (Å²) in [5, 5.41) is 17.4. The van der Waals surface area contributed by atoms with Crippen LogP contribution in [0.5, 0.6) is 5.75 Å². The molecule has 0 radical (unpaired) electrons. The molecule has 0 aliphatic carbocycles. The molecule has 4 heteroatoms. The van der Waals surface area contributed by atoms with Crippen LogP contribution in [-0.4, -0.2) is 20.2 Å². The van der Waals surface area contributed by atoms with Gasteiger partial charge in [0.15, 0.2) is 6.20 Å². The topological polar surface area (TPSA) is 48.2 Å². The fourth-order valence-electron chi connectivity index (χ4n) is 2.61. The molecule has 2 aromatic carbocycles. The molecule has 1 N–H and O–H groups in total. The van der Waals surface area contributed by atoms with Crippen molar-refractivity contribution in [1.82, 2.24) is 5.32 Å². The zero-order valence-electron chi connectivity index (χ0n) is 13.4. The van der Waals surface area contributed by atoms with Crippen LogP contribution < -0.4 is 14.8 Å². The molecule has 23 heavy (non-hydrogen) atoms. The minimum Gasteiger partial charge on any atom is -0.618 e. The minimum atomic E-state index is 0.618. The Morgan fingerprint density at radius 1 is 1.13 bits per heavy atom. The smallest absolute Gasteiger partial charge is 0.224 e. The number of likely N-dealkylation sites (N-methyl/N-ethyl adjacent to an activating group) is 1. The Labute approximate surface area is 135 Å². The highest BCUT2D eigenvalue weighted by Gasteiger charge is 2.12. The van der Waals surface area contributed by atoms with Crippen molar-refractivity contribution >= 4 is 10.8 Å². The lowest BCUT2D eigenvalue weighted by molar-refractivity contribution is -0.592. The van der Waals surface area contributed by atoms with Crippen molar-refractivity contribution < 1.29 is 9.47 Å². The first-order valence-electron chi connectivity index (χ1n) is 7.69. The molecule has 0 aliphatic rings. The molecule has 0 bridgehead atoms. The number of aromatic nitrogens is 1. The van der Waals surface area contributed by atoms with E-state index in [4.69, 9.17) is 4.74 Å². The van der Waals surface area contributed by atoms with Gasteiger partial charge in [-0.25, -0.2) is 0 Å².